The van der Waals surface area contributed by atoms with Crippen molar-refractivity contribution in [1.29, 1.82) is 0 Å². The Morgan fingerprint density at radius 1 is 1.33 bits per heavy atom. The molecule has 1 amide bonds. The second kappa shape index (κ2) is 9.22. The molecule has 5 nitrogen and oxygen atoms in total. The van der Waals surface area contributed by atoms with Gasteiger partial charge in [-0.2, -0.15) is 0 Å². The van der Waals surface area contributed by atoms with Crippen molar-refractivity contribution in [2.24, 2.45) is 0 Å². The van der Waals surface area contributed by atoms with E-state index in [1.54, 1.807) is 22.8 Å². The van der Waals surface area contributed by atoms with Crippen LogP contribution in [-0.4, -0.2) is 23.6 Å². The number of benzene rings is 1. The van der Waals surface area contributed by atoms with Crippen molar-refractivity contribution in [2.45, 2.75) is 32.7 Å². The normalized spacial score (nSPS) is 10.6. The highest BCUT2D eigenvalue weighted by molar-refractivity contribution is 7.07. The molecule has 0 spiro atoms. The van der Waals surface area contributed by atoms with Gasteiger partial charge in [-0.05, 0) is 31.9 Å². The molecule has 0 bridgehead atoms. The van der Waals surface area contributed by atoms with Crippen LogP contribution in [0.1, 0.15) is 25.0 Å². The molecule has 7 heteroatoms. The highest BCUT2D eigenvalue weighted by atomic mass is 32.1. The van der Waals surface area contributed by atoms with Gasteiger partial charge in [0, 0.05) is 30.6 Å². The molecule has 0 aliphatic heterocycles. The number of aromatic nitrogens is 1. The molecule has 0 aliphatic rings. The predicted octanol–water partition coefficient (Wildman–Crippen LogP) is 2.72. The number of aryl methyl sites for hydroxylation is 1. The minimum absolute atomic E-state index is 0.0122. The van der Waals surface area contributed by atoms with Crippen LogP contribution in [0.15, 0.2) is 34.4 Å². The molecule has 1 heterocycles. The van der Waals surface area contributed by atoms with Gasteiger partial charge in [0.2, 0.25) is 5.91 Å². The van der Waals surface area contributed by atoms with E-state index in [0.717, 1.165) is 5.69 Å². The molecule has 2 rings (SSSR count). The van der Waals surface area contributed by atoms with Crippen molar-refractivity contribution < 1.29 is 13.9 Å². The van der Waals surface area contributed by atoms with Crippen molar-refractivity contribution in [3.05, 3.63) is 50.8 Å². The highest BCUT2D eigenvalue weighted by Gasteiger charge is 2.05. The van der Waals surface area contributed by atoms with Crippen molar-refractivity contribution in [1.82, 2.24) is 9.88 Å². The van der Waals surface area contributed by atoms with E-state index >= 15 is 0 Å². The molecule has 1 N–H and O–H groups in total. The minimum atomic E-state index is -0.388. The molecule has 0 saturated carbocycles. The summed E-state index contributed by atoms with van der Waals surface area (Å²) >= 11 is 1.17. The summed E-state index contributed by atoms with van der Waals surface area (Å²) in [7, 11) is 0. The average Bonchev–Trinajstić information content (AvgIpc) is 2.88. The quantitative estimate of drug-likeness (QED) is 0.706. The van der Waals surface area contributed by atoms with Gasteiger partial charge in [0.15, 0.2) is 11.6 Å². The first-order valence-electron chi connectivity index (χ1n) is 7.87. The Morgan fingerprint density at radius 2 is 2.12 bits per heavy atom. The van der Waals surface area contributed by atoms with Gasteiger partial charge in [-0.1, -0.05) is 23.5 Å². The van der Waals surface area contributed by atoms with E-state index in [1.165, 1.54) is 17.4 Å². The molecule has 2 aromatic rings. The van der Waals surface area contributed by atoms with E-state index in [-0.39, 0.29) is 22.3 Å². The standard InChI is InChI=1S/C17H21FN2O3S/c1-13-12-24-17(22)20(13)10-4-8-16(21)19-9-5-11-23-15-7-3-2-6-14(15)18/h2-3,6-7,12H,4-5,8-11H2,1H3,(H,19,21). The van der Waals surface area contributed by atoms with Crippen LogP contribution in [0.25, 0.3) is 0 Å². The predicted molar refractivity (Wildman–Crippen MR) is 92.1 cm³/mol. The first-order chi connectivity index (χ1) is 11.6. The fourth-order valence-corrected chi connectivity index (χ4v) is 2.97. The monoisotopic (exact) mass is 352 g/mol. The number of hydrogen-bond donors (Lipinski definition) is 1. The number of rotatable bonds is 9. The smallest absolute Gasteiger partial charge is 0.307 e. The molecule has 1 aromatic heterocycles. The summed E-state index contributed by atoms with van der Waals surface area (Å²) in [5.41, 5.74) is 0.927. The Morgan fingerprint density at radius 3 is 2.83 bits per heavy atom. The topological polar surface area (TPSA) is 60.3 Å². The van der Waals surface area contributed by atoms with Crippen molar-refractivity contribution in [3.8, 4) is 5.75 Å². The van der Waals surface area contributed by atoms with Gasteiger partial charge in [0.1, 0.15) is 0 Å². The SMILES string of the molecule is Cc1csc(=O)n1CCCC(=O)NCCCOc1ccccc1F. The van der Waals surface area contributed by atoms with E-state index in [9.17, 15) is 14.0 Å². The van der Waals surface area contributed by atoms with Crippen LogP contribution in [0.4, 0.5) is 4.39 Å². The number of hydrogen-bond acceptors (Lipinski definition) is 4. The average molecular weight is 352 g/mol. The van der Waals surface area contributed by atoms with E-state index in [1.807, 2.05) is 12.3 Å². The Hall–Kier alpha value is -2.15. The Bertz CT molecular complexity index is 727. The molecule has 0 unspecified atom stereocenters. The van der Waals surface area contributed by atoms with Crippen LogP contribution in [0.5, 0.6) is 5.75 Å². The van der Waals surface area contributed by atoms with Crippen LogP contribution in [0.3, 0.4) is 0 Å². The number of carbonyl (C=O) groups excluding carboxylic acids is 1. The number of carbonyl (C=O) groups is 1. The summed E-state index contributed by atoms with van der Waals surface area (Å²) in [5, 5.41) is 4.61. The Kier molecular flexibility index (Phi) is 6.99. The van der Waals surface area contributed by atoms with Gasteiger partial charge < -0.3 is 14.6 Å². The summed E-state index contributed by atoms with van der Waals surface area (Å²) < 4.78 is 20.3. The molecular formula is C17H21FN2O3S. The van der Waals surface area contributed by atoms with Gasteiger partial charge in [-0.3, -0.25) is 9.59 Å². The summed E-state index contributed by atoms with van der Waals surface area (Å²) in [5.74, 6) is -0.220. The molecule has 0 saturated heterocycles. The van der Waals surface area contributed by atoms with Gasteiger partial charge in [0.05, 0.1) is 6.61 Å². The van der Waals surface area contributed by atoms with E-state index in [0.29, 0.717) is 39.0 Å². The molecule has 24 heavy (non-hydrogen) atoms. The zero-order chi connectivity index (χ0) is 17.4. The first-order valence-corrected chi connectivity index (χ1v) is 8.75. The van der Waals surface area contributed by atoms with Gasteiger partial charge in [-0.15, -0.1) is 0 Å². The molecule has 0 atom stereocenters. The minimum Gasteiger partial charge on any atom is -0.490 e. The van der Waals surface area contributed by atoms with E-state index < -0.39 is 0 Å². The van der Waals surface area contributed by atoms with Crippen LogP contribution in [0, 0.1) is 12.7 Å². The number of para-hydroxylation sites is 1. The van der Waals surface area contributed by atoms with E-state index in [4.69, 9.17) is 4.74 Å². The summed E-state index contributed by atoms with van der Waals surface area (Å²) in [4.78, 5) is 23.3. The van der Waals surface area contributed by atoms with Crippen LogP contribution in [0.2, 0.25) is 0 Å². The van der Waals surface area contributed by atoms with Crippen molar-refractivity contribution >= 4 is 17.2 Å². The van der Waals surface area contributed by atoms with Crippen molar-refractivity contribution in [3.63, 3.8) is 0 Å². The summed E-state index contributed by atoms with van der Waals surface area (Å²) in [6.07, 6.45) is 1.59. The number of halogens is 1. The van der Waals surface area contributed by atoms with Crippen LogP contribution in [-0.2, 0) is 11.3 Å². The second-order valence-electron chi connectivity index (χ2n) is 5.38. The number of nitrogens with one attached hydrogen (secondary N) is 1. The number of amides is 1. The maximum atomic E-state index is 13.3. The lowest BCUT2D eigenvalue weighted by atomic mass is 10.3. The maximum Gasteiger partial charge on any atom is 0.307 e. The molecule has 0 radical (unpaired) electrons. The van der Waals surface area contributed by atoms with Crippen molar-refractivity contribution in [2.75, 3.05) is 13.2 Å². The Balaban J connectivity index is 1.57. The molecule has 130 valence electrons. The number of thiazole rings is 1. The Labute approximate surface area is 144 Å². The van der Waals surface area contributed by atoms with Gasteiger partial charge >= 0.3 is 4.87 Å². The maximum absolute atomic E-state index is 13.3. The zero-order valence-corrected chi connectivity index (χ0v) is 14.4. The summed E-state index contributed by atoms with van der Waals surface area (Å²) in [6, 6.07) is 6.23. The first kappa shape index (κ1) is 18.2. The third-order valence-electron chi connectivity index (χ3n) is 3.50. The fourth-order valence-electron chi connectivity index (χ4n) is 2.20. The highest BCUT2D eigenvalue weighted by Crippen LogP contribution is 2.15. The second-order valence-corrected chi connectivity index (χ2v) is 6.20. The molecular weight excluding hydrogens is 331 g/mol. The lowest BCUT2D eigenvalue weighted by Gasteiger charge is -2.08. The lowest BCUT2D eigenvalue weighted by Crippen LogP contribution is -2.26. The van der Waals surface area contributed by atoms with Gasteiger partial charge in [-0.25, -0.2) is 4.39 Å². The van der Waals surface area contributed by atoms with Crippen LogP contribution < -0.4 is 14.9 Å². The van der Waals surface area contributed by atoms with Gasteiger partial charge in [0.25, 0.3) is 0 Å². The fraction of sp³-hybridized carbons (Fsp3) is 0.412. The number of ether oxygens (including phenoxy) is 1. The third-order valence-corrected chi connectivity index (χ3v) is 4.38. The van der Waals surface area contributed by atoms with E-state index in [2.05, 4.69) is 5.32 Å². The lowest BCUT2D eigenvalue weighted by molar-refractivity contribution is -0.121. The molecule has 0 aliphatic carbocycles. The number of nitrogens with zero attached hydrogens (tertiary/aromatic N) is 1. The zero-order valence-electron chi connectivity index (χ0n) is 13.6. The van der Waals surface area contributed by atoms with Crippen LogP contribution >= 0.6 is 11.3 Å². The third kappa shape index (κ3) is 5.49. The molecule has 0 fully saturated rings. The largest absolute Gasteiger partial charge is 0.490 e. The summed E-state index contributed by atoms with van der Waals surface area (Å²) in [6.45, 7) is 3.25. The molecule has 1 aromatic carbocycles.